The van der Waals surface area contributed by atoms with E-state index in [1.807, 2.05) is 0 Å². The van der Waals surface area contributed by atoms with E-state index < -0.39 is 15.6 Å². The van der Waals surface area contributed by atoms with Gasteiger partial charge in [0.15, 0.2) is 0 Å². The van der Waals surface area contributed by atoms with Gasteiger partial charge in [-0.05, 0) is 25.3 Å². The van der Waals surface area contributed by atoms with Gasteiger partial charge in [0.1, 0.15) is 5.76 Å². The fourth-order valence-corrected chi connectivity index (χ4v) is 3.19. The quantitative estimate of drug-likeness (QED) is 0.462. The summed E-state index contributed by atoms with van der Waals surface area (Å²) in [6.45, 7) is 0. The van der Waals surface area contributed by atoms with Crippen LogP contribution in [0.3, 0.4) is 0 Å². The first-order chi connectivity index (χ1) is 10.8. The van der Waals surface area contributed by atoms with Gasteiger partial charge in [0.25, 0.3) is 0 Å². The van der Waals surface area contributed by atoms with E-state index in [0.717, 1.165) is 38.5 Å². The number of hydrogen-bond donors (Lipinski definition) is 0. The molecule has 0 aliphatic heterocycles. The predicted molar refractivity (Wildman–Crippen MR) is 84.2 cm³/mol. The molecule has 1 aliphatic rings. The van der Waals surface area contributed by atoms with Crippen LogP contribution in [-0.2, 0) is 14.3 Å². The predicted octanol–water partition coefficient (Wildman–Crippen LogP) is 5.82. The average Bonchev–Trinajstić information content (AvgIpc) is 2.45. The molecule has 0 heterocycles. The van der Waals surface area contributed by atoms with Crippen molar-refractivity contribution in [1.82, 2.24) is 0 Å². The zero-order chi connectivity index (χ0) is 17.2. The number of rotatable bonds is 2. The first kappa shape index (κ1) is 20.3. The van der Waals surface area contributed by atoms with Gasteiger partial charge in [0.2, 0.25) is 0 Å². The lowest BCUT2D eigenvalue weighted by molar-refractivity contribution is -0.0523. The Morgan fingerprint density at radius 1 is 0.783 bits per heavy atom. The molecule has 0 amide bonds. The van der Waals surface area contributed by atoms with E-state index in [0.29, 0.717) is 12.8 Å². The lowest BCUT2D eigenvalue weighted by Gasteiger charge is -2.12. The Morgan fingerprint density at radius 3 is 1.70 bits per heavy atom. The molecule has 0 radical (unpaired) electrons. The van der Waals surface area contributed by atoms with Crippen molar-refractivity contribution in [2.45, 2.75) is 89.0 Å². The molecule has 3 nitrogen and oxygen atoms in total. The molecule has 136 valence electrons. The van der Waals surface area contributed by atoms with Crippen molar-refractivity contribution in [3.8, 4) is 0 Å². The summed E-state index contributed by atoms with van der Waals surface area (Å²) in [7, 11) is -5.55. The maximum atomic E-state index is 12.4. The molecule has 0 aromatic heterocycles. The molecule has 0 unspecified atom stereocenters. The van der Waals surface area contributed by atoms with E-state index in [1.54, 1.807) is 0 Å². The Bertz CT molecular complexity index is 456. The Kier molecular flexibility index (Phi) is 9.02. The second kappa shape index (κ2) is 10.2. The SMILES string of the molecule is O=S(=O)(O/C1=C\CCCCCCCCCCCCC1)C(F)(F)F. The molecule has 0 spiro atoms. The number of halogens is 3. The molecule has 7 heteroatoms. The van der Waals surface area contributed by atoms with E-state index in [4.69, 9.17) is 0 Å². The topological polar surface area (TPSA) is 43.4 Å². The first-order valence-corrected chi connectivity index (χ1v) is 9.93. The normalized spacial score (nSPS) is 23.2. The highest BCUT2D eigenvalue weighted by atomic mass is 32.2. The Labute approximate surface area is 137 Å². The minimum absolute atomic E-state index is 0.0582. The van der Waals surface area contributed by atoms with Crippen LogP contribution in [0.15, 0.2) is 11.8 Å². The van der Waals surface area contributed by atoms with Crippen molar-refractivity contribution < 1.29 is 25.8 Å². The highest BCUT2D eigenvalue weighted by Crippen LogP contribution is 2.28. The Balaban J connectivity index is 2.62. The van der Waals surface area contributed by atoms with Crippen molar-refractivity contribution >= 4 is 10.1 Å². The summed E-state index contributed by atoms with van der Waals surface area (Å²) in [5.74, 6) is -0.0582. The number of hydrogen-bond acceptors (Lipinski definition) is 3. The van der Waals surface area contributed by atoms with Crippen LogP contribution in [0.5, 0.6) is 0 Å². The van der Waals surface area contributed by atoms with E-state index in [-0.39, 0.29) is 12.2 Å². The summed E-state index contributed by atoms with van der Waals surface area (Å²) in [6.07, 6.45) is 13.9. The van der Waals surface area contributed by atoms with Crippen LogP contribution in [0.25, 0.3) is 0 Å². The summed E-state index contributed by atoms with van der Waals surface area (Å²) in [5, 5.41) is 0. The van der Waals surface area contributed by atoms with Gasteiger partial charge in [-0.15, -0.1) is 0 Å². The molecule has 0 atom stereocenters. The smallest absolute Gasteiger partial charge is 0.381 e. The Morgan fingerprint density at radius 2 is 1.22 bits per heavy atom. The maximum Gasteiger partial charge on any atom is 0.534 e. The van der Waals surface area contributed by atoms with Crippen LogP contribution in [-0.4, -0.2) is 13.9 Å². The summed E-state index contributed by atoms with van der Waals surface area (Å²) >= 11 is 0. The monoisotopic (exact) mass is 356 g/mol. The average molecular weight is 356 g/mol. The highest BCUT2D eigenvalue weighted by Gasteiger charge is 2.48. The van der Waals surface area contributed by atoms with Crippen molar-refractivity contribution in [3.63, 3.8) is 0 Å². The summed E-state index contributed by atoms with van der Waals surface area (Å²) < 4.78 is 64.0. The second-order valence-corrected chi connectivity index (χ2v) is 7.62. The minimum Gasteiger partial charge on any atom is -0.381 e. The molecule has 1 rings (SSSR count). The van der Waals surface area contributed by atoms with Crippen molar-refractivity contribution in [1.29, 1.82) is 0 Å². The third-order valence-corrected chi connectivity index (χ3v) is 5.00. The van der Waals surface area contributed by atoms with E-state index in [2.05, 4.69) is 4.18 Å². The van der Waals surface area contributed by atoms with Gasteiger partial charge >= 0.3 is 15.6 Å². The molecule has 0 fully saturated rings. The molecular formula is C16H27F3O3S. The zero-order valence-electron chi connectivity index (χ0n) is 13.5. The number of alkyl halides is 3. The molecule has 0 N–H and O–H groups in total. The molecule has 0 saturated carbocycles. The minimum atomic E-state index is -5.55. The standard InChI is InChI=1S/C16H27F3O3S/c17-16(18,19)23(20,21)22-15-13-11-9-7-5-3-1-2-4-6-8-10-12-14-15/h13H,1-12,14H2/b15-13-. The van der Waals surface area contributed by atoms with E-state index in [1.165, 1.54) is 31.8 Å². The number of allylic oxidation sites excluding steroid dienone is 2. The lowest BCUT2D eigenvalue weighted by atomic mass is 10.1. The van der Waals surface area contributed by atoms with Gasteiger partial charge in [-0.3, -0.25) is 0 Å². The lowest BCUT2D eigenvalue weighted by Crippen LogP contribution is -2.25. The summed E-state index contributed by atoms with van der Waals surface area (Å²) in [6, 6.07) is 0. The largest absolute Gasteiger partial charge is 0.534 e. The fraction of sp³-hybridized carbons (Fsp3) is 0.875. The van der Waals surface area contributed by atoms with Crippen molar-refractivity contribution in [2.75, 3.05) is 0 Å². The van der Waals surface area contributed by atoms with Crippen LogP contribution in [0.2, 0.25) is 0 Å². The van der Waals surface area contributed by atoms with Gasteiger partial charge in [-0.25, -0.2) is 0 Å². The molecule has 0 bridgehead atoms. The second-order valence-electron chi connectivity index (χ2n) is 6.08. The van der Waals surface area contributed by atoms with Crippen LogP contribution in [0.1, 0.15) is 83.5 Å². The molecule has 1 aliphatic carbocycles. The Hall–Kier alpha value is -0.720. The van der Waals surface area contributed by atoms with E-state index >= 15 is 0 Å². The molecule has 0 aromatic rings. The first-order valence-electron chi connectivity index (χ1n) is 8.53. The van der Waals surface area contributed by atoms with Crippen molar-refractivity contribution in [3.05, 3.63) is 11.8 Å². The molecule has 0 aromatic carbocycles. The van der Waals surface area contributed by atoms with Gasteiger partial charge in [0, 0.05) is 6.42 Å². The van der Waals surface area contributed by atoms with Crippen LogP contribution in [0, 0.1) is 0 Å². The maximum absolute atomic E-state index is 12.4. The van der Waals surface area contributed by atoms with E-state index in [9.17, 15) is 21.6 Å². The van der Waals surface area contributed by atoms with Gasteiger partial charge in [-0.2, -0.15) is 21.6 Å². The molecule has 23 heavy (non-hydrogen) atoms. The van der Waals surface area contributed by atoms with Gasteiger partial charge in [-0.1, -0.05) is 57.8 Å². The third kappa shape index (κ3) is 8.63. The highest BCUT2D eigenvalue weighted by molar-refractivity contribution is 7.87. The van der Waals surface area contributed by atoms with Crippen LogP contribution in [0.4, 0.5) is 13.2 Å². The third-order valence-electron chi connectivity index (χ3n) is 4.00. The van der Waals surface area contributed by atoms with Crippen LogP contribution < -0.4 is 0 Å². The van der Waals surface area contributed by atoms with Gasteiger partial charge in [0.05, 0.1) is 0 Å². The zero-order valence-corrected chi connectivity index (χ0v) is 14.4. The van der Waals surface area contributed by atoms with Gasteiger partial charge < -0.3 is 4.18 Å². The van der Waals surface area contributed by atoms with Crippen LogP contribution >= 0.6 is 0 Å². The molecular weight excluding hydrogens is 329 g/mol. The summed E-state index contributed by atoms with van der Waals surface area (Å²) in [5.41, 5.74) is -5.37. The molecule has 0 saturated heterocycles. The fourth-order valence-electron chi connectivity index (χ4n) is 2.66. The van der Waals surface area contributed by atoms with Crippen molar-refractivity contribution in [2.24, 2.45) is 0 Å². The summed E-state index contributed by atoms with van der Waals surface area (Å²) in [4.78, 5) is 0.